The van der Waals surface area contributed by atoms with Crippen LogP contribution in [-0.2, 0) is 4.74 Å². The van der Waals surface area contributed by atoms with Crippen molar-refractivity contribution >= 4 is 23.2 Å². The van der Waals surface area contributed by atoms with E-state index in [1.807, 2.05) is 0 Å². The number of aromatic nitrogens is 3. The maximum absolute atomic E-state index is 11.6. The van der Waals surface area contributed by atoms with Crippen LogP contribution in [0.4, 0.5) is 0 Å². The van der Waals surface area contributed by atoms with Crippen LogP contribution in [0, 0.1) is 0 Å². The van der Waals surface area contributed by atoms with Crippen LogP contribution in [0.5, 0.6) is 0 Å². The molecular formula is C12H12N4O2S. The first-order chi connectivity index (χ1) is 9.13. The number of ether oxygens (including phenoxy) is 1. The molecule has 2 heterocycles. The van der Waals surface area contributed by atoms with Crippen molar-refractivity contribution in [2.24, 2.45) is 5.73 Å². The number of pyridine rings is 1. The van der Waals surface area contributed by atoms with Gasteiger partial charge < -0.3 is 10.5 Å². The lowest BCUT2D eigenvalue weighted by molar-refractivity contribution is 0.0526. The molecule has 0 aliphatic rings. The highest BCUT2D eigenvalue weighted by Gasteiger charge is 2.13. The van der Waals surface area contributed by atoms with E-state index in [0.29, 0.717) is 23.6 Å². The summed E-state index contributed by atoms with van der Waals surface area (Å²) >= 11 is 4.93. The van der Waals surface area contributed by atoms with E-state index < -0.39 is 5.97 Å². The van der Waals surface area contributed by atoms with Crippen molar-refractivity contribution in [3.63, 3.8) is 0 Å². The normalized spacial score (nSPS) is 10.2. The Balaban J connectivity index is 2.38. The second-order valence-corrected chi connectivity index (χ2v) is 4.07. The van der Waals surface area contributed by atoms with Crippen LogP contribution in [0.3, 0.4) is 0 Å². The second kappa shape index (κ2) is 5.57. The summed E-state index contributed by atoms with van der Waals surface area (Å²) in [7, 11) is 0. The van der Waals surface area contributed by atoms with Crippen molar-refractivity contribution in [2.45, 2.75) is 6.92 Å². The Morgan fingerprint density at radius 2 is 2.37 bits per heavy atom. The van der Waals surface area contributed by atoms with Crippen LogP contribution in [0.2, 0.25) is 0 Å². The zero-order valence-electron chi connectivity index (χ0n) is 10.2. The number of thiocarbonyl (C=S) groups is 1. The highest BCUT2D eigenvalue weighted by molar-refractivity contribution is 7.80. The highest BCUT2D eigenvalue weighted by Crippen LogP contribution is 2.12. The van der Waals surface area contributed by atoms with Gasteiger partial charge >= 0.3 is 5.97 Å². The van der Waals surface area contributed by atoms with E-state index in [1.165, 1.54) is 10.9 Å². The van der Waals surface area contributed by atoms with Gasteiger partial charge in [0.2, 0.25) is 0 Å². The summed E-state index contributed by atoms with van der Waals surface area (Å²) in [4.78, 5) is 15.8. The molecule has 0 aliphatic heterocycles. The number of hydrogen-bond donors (Lipinski definition) is 1. The van der Waals surface area contributed by atoms with E-state index >= 15 is 0 Å². The predicted octanol–water partition coefficient (Wildman–Crippen LogP) is 1.08. The number of hydrogen-bond acceptors (Lipinski definition) is 5. The molecule has 0 saturated carbocycles. The van der Waals surface area contributed by atoms with Crippen LogP contribution in [-0.4, -0.2) is 32.3 Å². The third-order valence-corrected chi connectivity index (χ3v) is 2.55. The first kappa shape index (κ1) is 13.2. The first-order valence-corrected chi connectivity index (χ1v) is 6.01. The number of carbonyl (C=O) groups excluding carboxylic acids is 1. The lowest BCUT2D eigenvalue weighted by Crippen LogP contribution is -2.15. The smallest absolute Gasteiger partial charge is 0.341 e. The average molecular weight is 276 g/mol. The molecule has 19 heavy (non-hydrogen) atoms. The number of carbonyl (C=O) groups is 1. The van der Waals surface area contributed by atoms with Crippen LogP contribution >= 0.6 is 12.2 Å². The van der Waals surface area contributed by atoms with E-state index in [4.69, 9.17) is 22.7 Å². The van der Waals surface area contributed by atoms with Gasteiger partial charge in [-0.05, 0) is 19.1 Å². The summed E-state index contributed by atoms with van der Waals surface area (Å²) in [5.74, 6) is -0.422. The van der Waals surface area contributed by atoms with Gasteiger partial charge in [0.15, 0.2) is 0 Å². The second-order valence-electron chi connectivity index (χ2n) is 3.63. The van der Waals surface area contributed by atoms with E-state index in [9.17, 15) is 4.79 Å². The maximum Gasteiger partial charge on any atom is 0.341 e. The van der Waals surface area contributed by atoms with Gasteiger partial charge in [0, 0.05) is 12.4 Å². The molecule has 0 amide bonds. The fourth-order valence-electron chi connectivity index (χ4n) is 1.55. The lowest BCUT2D eigenvalue weighted by Gasteiger charge is -2.06. The summed E-state index contributed by atoms with van der Waals surface area (Å²) < 4.78 is 6.39. The summed E-state index contributed by atoms with van der Waals surface area (Å²) in [5, 5.41) is 4.09. The molecule has 0 atom stereocenters. The molecule has 0 saturated heterocycles. The zero-order chi connectivity index (χ0) is 13.8. The molecule has 7 heteroatoms. The number of esters is 1. The Hall–Kier alpha value is -2.28. The molecular weight excluding hydrogens is 264 g/mol. The van der Waals surface area contributed by atoms with Crippen LogP contribution in [0.25, 0.3) is 5.69 Å². The molecule has 0 radical (unpaired) electrons. The minimum absolute atomic E-state index is 0.170. The molecule has 98 valence electrons. The summed E-state index contributed by atoms with van der Waals surface area (Å²) in [6.07, 6.45) is 4.57. The third-order valence-electron chi connectivity index (χ3n) is 2.36. The number of rotatable bonds is 4. The summed E-state index contributed by atoms with van der Waals surface area (Å²) in [6.45, 7) is 2.06. The van der Waals surface area contributed by atoms with Gasteiger partial charge in [0.05, 0.1) is 24.1 Å². The van der Waals surface area contributed by atoms with Crippen molar-refractivity contribution in [2.75, 3.05) is 6.61 Å². The van der Waals surface area contributed by atoms with Gasteiger partial charge in [-0.1, -0.05) is 12.2 Å². The quantitative estimate of drug-likeness (QED) is 0.664. The van der Waals surface area contributed by atoms with Gasteiger partial charge in [-0.2, -0.15) is 5.10 Å². The predicted molar refractivity (Wildman–Crippen MR) is 73.2 cm³/mol. The van der Waals surface area contributed by atoms with Gasteiger partial charge in [0.1, 0.15) is 10.7 Å². The highest BCUT2D eigenvalue weighted by atomic mass is 32.1. The van der Waals surface area contributed by atoms with Gasteiger partial charge in [-0.25, -0.2) is 9.48 Å². The molecule has 6 nitrogen and oxygen atoms in total. The minimum atomic E-state index is -0.422. The first-order valence-electron chi connectivity index (χ1n) is 5.60. The molecule has 2 aromatic rings. The van der Waals surface area contributed by atoms with Gasteiger partial charge in [-0.15, -0.1) is 0 Å². The summed E-state index contributed by atoms with van der Waals surface area (Å²) in [6, 6.07) is 3.51. The molecule has 0 unspecified atom stereocenters. The SMILES string of the molecule is CCOC(=O)c1cnn(-c2cccnc2C(N)=S)c1. The number of nitrogens with two attached hydrogens (primary N) is 1. The van der Waals surface area contributed by atoms with Crippen molar-refractivity contribution in [1.82, 2.24) is 14.8 Å². The Morgan fingerprint density at radius 3 is 3.05 bits per heavy atom. The maximum atomic E-state index is 11.6. The standard InChI is InChI=1S/C12H12N4O2S/c1-2-18-12(17)8-6-15-16(7-8)9-4-3-5-14-10(9)11(13)19/h3-7H,2H2,1H3,(H2,13,19). The largest absolute Gasteiger partial charge is 0.462 e. The molecule has 0 spiro atoms. The molecule has 2 rings (SSSR count). The van der Waals surface area contributed by atoms with E-state index in [0.717, 1.165) is 0 Å². The van der Waals surface area contributed by atoms with Gasteiger partial charge in [0.25, 0.3) is 0 Å². The minimum Gasteiger partial charge on any atom is -0.462 e. The Bertz CT molecular complexity index is 624. The van der Waals surface area contributed by atoms with Gasteiger partial charge in [-0.3, -0.25) is 4.98 Å². The Labute approximate surface area is 115 Å². The van der Waals surface area contributed by atoms with Crippen molar-refractivity contribution in [1.29, 1.82) is 0 Å². The summed E-state index contributed by atoms with van der Waals surface area (Å²) in [5.41, 5.74) is 7.03. The zero-order valence-corrected chi connectivity index (χ0v) is 11.1. The lowest BCUT2D eigenvalue weighted by atomic mass is 10.3. The van der Waals surface area contributed by atoms with Crippen LogP contribution in [0.15, 0.2) is 30.7 Å². The molecule has 2 N–H and O–H groups in total. The van der Waals surface area contributed by atoms with E-state index in [-0.39, 0.29) is 4.99 Å². The monoisotopic (exact) mass is 276 g/mol. The van der Waals surface area contributed by atoms with Crippen LogP contribution in [0.1, 0.15) is 23.0 Å². The fraction of sp³-hybridized carbons (Fsp3) is 0.167. The molecule has 0 aromatic carbocycles. The third kappa shape index (κ3) is 2.76. The fourth-order valence-corrected chi connectivity index (χ4v) is 1.70. The molecule has 0 fully saturated rings. The molecule has 0 bridgehead atoms. The van der Waals surface area contributed by atoms with E-state index in [1.54, 1.807) is 31.5 Å². The number of nitrogens with zero attached hydrogens (tertiary/aromatic N) is 3. The van der Waals surface area contributed by atoms with E-state index in [2.05, 4.69) is 10.1 Å². The van der Waals surface area contributed by atoms with Crippen LogP contribution < -0.4 is 5.73 Å². The van der Waals surface area contributed by atoms with Crippen molar-refractivity contribution < 1.29 is 9.53 Å². The average Bonchev–Trinajstić information content (AvgIpc) is 2.88. The Morgan fingerprint density at radius 1 is 1.58 bits per heavy atom. The Kier molecular flexibility index (Phi) is 3.86. The molecule has 2 aromatic heterocycles. The van der Waals surface area contributed by atoms with Crippen molar-refractivity contribution in [3.8, 4) is 5.69 Å². The topological polar surface area (TPSA) is 83.0 Å². The molecule has 0 aliphatic carbocycles. The van der Waals surface area contributed by atoms with Crippen molar-refractivity contribution in [3.05, 3.63) is 42.0 Å².